The molecule has 0 heterocycles. The Bertz CT molecular complexity index is 151. The lowest BCUT2D eigenvalue weighted by Crippen LogP contribution is -2.39. The molecule has 0 aromatic carbocycles. The third kappa shape index (κ3) is 1.66. The fourth-order valence-corrected chi connectivity index (χ4v) is 2.30. The van der Waals surface area contributed by atoms with Gasteiger partial charge in [-0.3, -0.25) is 0 Å². The molecule has 3 atom stereocenters. The monoisotopic (exact) mass is 169 g/mol. The molecule has 1 aliphatic carbocycles. The molecule has 0 aliphatic heterocycles. The fourth-order valence-electron chi connectivity index (χ4n) is 2.30. The molecule has 3 unspecified atom stereocenters. The van der Waals surface area contributed by atoms with E-state index in [9.17, 15) is 0 Å². The van der Waals surface area contributed by atoms with Gasteiger partial charge >= 0.3 is 0 Å². The van der Waals surface area contributed by atoms with E-state index in [4.69, 9.17) is 0 Å². The van der Waals surface area contributed by atoms with Crippen LogP contribution in [0.1, 0.15) is 40.5 Å². The summed E-state index contributed by atoms with van der Waals surface area (Å²) < 4.78 is 0. The van der Waals surface area contributed by atoms with Crippen molar-refractivity contribution in [3.63, 3.8) is 0 Å². The van der Waals surface area contributed by atoms with Crippen LogP contribution in [0.5, 0.6) is 0 Å². The van der Waals surface area contributed by atoms with Crippen molar-refractivity contribution in [1.82, 2.24) is 5.32 Å². The third-order valence-corrected chi connectivity index (χ3v) is 3.95. The summed E-state index contributed by atoms with van der Waals surface area (Å²) in [5.41, 5.74) is 0.482. The Kier molecular flexibility index (Phi) is 2.82. The molecule has 1 fully saturated rings. The van der Waals surface area contributed by atoms with Crippen LogP contribution in [0.4, 0.5) is 0 Å². The summed E-state index contributed by atoms with van der Waals surface area (Å²) in [6.07, 6.45) is 2.82. The Morgan fingerprint density at radius 3 is 2.42 bits per heavy atom. The first-order chi connectivity index (χ1) is 5.54. The standard InChI is InChI=1S/C11H23N/c1-6-9-7-10(9)11(3,4)8(2)12-5/h8-10,12H,6-7H2,1-5H3. The quantitative estimate of drug-likeness (QED) is 0.682. The predicted molar refractivity (Wildman–Crippen MR) is 54.2 cm³/mol. The van der Waals surface area contributed by atoms with E-state index in [-0.39, 0.29) is 0 Å². The van der Waals surface area contributed by atoms with E-state index in [0.717, 1.165) is 11.8 Å². The van der Waals surface area contributed by atoms with Crippen LogP contribution in [0.2, 0.25) is 0 Å². The zero-order valence-electron chi connectivity index (χ0n) is 9.15. The largest absolute Gasteiger partial charge is 0.317 e. The zero-order chi connectivity index (χ0) is 9.35. The highest BCUT2D eigenvalue weighted by molar-refractivity contribution is 4.99. The van der Waals surface area contributed by atoms with Crippen molar-refractivity contribution in [3.05, 3.63) is 0 Å². The minimum Gasteiger partial charge on any atom is -0.317 e. The minimum absolute atomic E-state index is 0.482. The Balaban J connectivity index is 2.49. The maximum Gasteiger partial charge on any atom is 0.00896 e. The summed E-state index contributed by atoms with van der Waals surface area (Å²) in [5.74, 6) is 1.97. The van der Waals surface area contributed by atoms with Gasteiger partial charge in [0.25, 0.3) is 0 Å². The van der Waals surface area contributed by atoms with E-state index < -0.39 is 0 Å². The van der Waals surface area contributed by atoms with Gasteiger partial charge in [-0.25, -0.2) is 0 Å². The lowest BCUT2D eigenvalue weighted by Gasteiger charge is -2.32. The fraction of sp³-hybridized carbons (Fsp3) is 1.00. The molecule has 0 bridgehead atoms. The predicted octanol–water partition coefficient (Wildman–Crippen LogP) is 2.67. The molecule has 0 saturated heterocycles. The van der Waals surface area contributed by atoms with Crippen molar-refractivity contribution in [2.45, 2.75) is 46.6 Å². The Hall–Kier alpha value is -0.0400. The van der Waals surface area contributed by atoms with Crippen molar-refractivity contribution in [2.75, 3.05) is 7.05 Å². The molecule has 1 N–H and O–H groups in total. The number of rotatable bonds is 4. The molecule has 0 aromatic heterocycles. The van der Waals surface area contributed by atoms with Crippen LogP contribution >= 0.6 is 0 Å². The molecular weight excluding hydrogens is 146 g/mol. The van der Waals surface area contributed by atoms with Crippen LogP contribution in [0, 0.1) is 17.3 Å². The smallest absolute Gasteiger partial charge is 0.00896 e. The maximum atomic E-state index is 3.37. The normalized spacial score (nSPS) is 31.8. The van der Waals surface area contributed by atoms with Crippen LogP contribution in [0.15, 0.2) is 0 Å². The van der Waals surface area contributed by atoms with Gasteiger partial charge in [-0.1, -0.05) is 27.2 Å². The first-order valence-electron chi connectivity index (χ1n) is 5.21. The molecule has 1 saturated carbocycles. The second-order valence-corrected chi connectivity index (χ2v) is 4.84. The van der Waals surface area contributed by atoms with Crippen molar-refractivity contribution in [2.24, 2.45) is 17.3 Å². The molecule has 12 heavy (non-hydrogen) atoms. The van der Waals surface area contributed by atoms with Gasteiger partial charge < -0.3 is 5.32 Å². The first-order valence-corrected chi connectivity index (χ1v) is 5.21. The SMILES string of the molecule is CCC1CC1C(C)(C)C(C)NC. The van der Waals surface area contributed by atoms with E-state index in [0.29, 0.717) is 11.5 Å². The van der Waals surface area contributed by atoms with E-state index >= 15 is 0 Å². The molecule has 0 aromatic rings. The minimum atomic E-state index is 0.482. The van der Waals surface area contributed by atoms with E-state index in [1.807, 2.05) is 0 Å². The van der Waals surface area contributed by atoms with Crippen LogP contribution in [-0.2, 0) is 0 Å². The first kappa shape index (κ1) is 10.0. The van der Waals surface area contributed by atoms with Gasteiger partial charge in [0.2, 0.25) is 0 Å². The molecule has 0 amide bonds. The molecule has 1 nitrogen and oxygen atoms in total. The number of hydrogen-bond acceptors (Lipinski definition) is 1. The summed E-state index contributed by atoms with van der Waals surface area (Å²) in [6.45, 7) is 9.40. The molecule has 72 valence electrons. The van der Waals surface area contributed by atoms with Crippen molar-refractivity contribution in [1.29, 1.82) is 0 Å². The Labute approximate surface area is 76.9 Å². The second-order valence-electron chi connectivity index (χ2n) is 4.84. The van der Waals surface area contributed by atoms with Gasteiger partial charge in [0.05, 0.1) is 0 Å². The molecule has 1 aliphatic rings. The van der Waals surface area contributed by atoms with Crippen molar-refractivity contribution >= 4 is 0 Å². The van der Waals surface area contributed by atoms with Gasteiger partial charge in [-0.05, 0) is 37.6 Å². The van der Waals surface area contributed by atoms with Crippen LogP contribution in [0.25, 0.3) is 0 Å². The second kappa shape index (κ2) is 3.37. The summed E-state index contributed by atoms with van der Waals surface area (Å²) in [7, 11) is 2.07. The molecular formula is C11H23N. The van der Waals surface area contributed by atoms with Gasteiger partial charge in [-0.15, -0.1) is 0 Å². The van der Waals surface area contributed by atoms with Gasteiger partial charge in [0.15, 0.2) is 0 Å². The average Bonchev–Trinajstić information content (AvgIpc) is 2.81. The van der Waals surface area contributed by atoms with Crippen molar-refractivity contribution in [3.8, 4) is 0 Å². The zero-order valence-corrected chi connectivity index (χ0v) is 9.15. The van der Waals surface area contributed by atoms with E-state index in [2.05, 4.69) is 40.1 Å². The number of nitrogens with one attached hydrogen (secondary N) is 1. The van der Waals surface area contributed by atoms with Crippen LogP contribution < -0.4 is 5.32 Å². The van der Waals surface area contributed by atoms with Crippen LogP contribution in [-0.4, -0.2) is 13.1 Å². The Morgan fingerprint density at radius 2 is 2.08 bits per heavy atom. The maximum absolute atomic E-state index is 3.37. The average molecular weight is 169 g/mol. The van der Waals surface area contributed by atoms with Crippen LogP contribution in [0.3, 0.4) is 0 Å². The molecule has 1 rings (SSSR count). The summed E-state index contributed by atoms with van der Waals surface area (Å²) in [6, 6.07) is 0.638. The van der Waals surface area contributed by atoms with Gasteiger partial charge in [0, 0.05) is 6.04 Å². The summed E-state index contributed by atoms with van der Waals surface area (Å²) in [5, 5.41) is 3.37. The van der Waals surface area contributed by atoms with Gasteiger partial charge in [0.1, 0.15) is 0 Å². The lowest BCUT2D eigenvalue weighted by molar-refractivity contribution is 0.214. The number of hydrogen-bond donors (Lipinski definition) is 1. The topological polar surface area (TPSA) is 12.0 Å². The molecule has 1 heteroatoms. The highest BCUT2D eigenvalue weighted by atomic mass is 14.9. The summed E-state index contributed by atoms with van der Waals surface area (Å²) >= 11 is 0. The molecule has 0 spiro atoms. The lowest BCUT2D eigenvalue weighted by atomic mass is 9.79. The Morgan fingerprint density at radius 1 is 1.50 bits per heavy atom. The van der Waals surface area contributed by atoms with E-state index in [1.54, 1.807) is 0 Å². The highest BCUT2D eigenvalue weighted by Crippen LogP contribution is 2.53. The van der Waals surface area contributed by atoms with Gasteiger partial charge in [-0.2, -0.15) is 0 Å². The summed E-state index contributed by atoms with van der Waals surface area (Å²) in [4.78, 5) is 0. The van der Waals surface area contributed by atoms with Crippen molar-refractivity contribution < 1.29 is 0 Å². The highest BCUT2D eigenvalue weighted by Gasteiger charge is 2.48. The van der Waals surface area contributed by atoms with E-state index in [1.165, 1.54) is 12.8 Å². The molecule has 0 radical (unpaired) electrons. The third-order valence-electron chi connectivity index (χ3n) is 3.95.